The lowest BCUT2D eigenvalue weighted by Gasteiger charge is -2.26. The molecule has 2 heterocycles. The van der Waals surface area contributed by atoms with Gasteiger partial charge in [-0.05, 0) is 25.0 Å². The molecule has 1 N–H and O–H groups in total. The maximum atomic E-state index is 13.8. The third-order valence-corrected chi connectivity index (χ3v) is 5.26. The smallest absolute Gasteiger partial charge is 0.321 e. The van der Waals surface area contributed by atoms with E-state index in [1.165, 1.54) is 0 Å². The Labute approximate surface area is 163 Å². The third-order valence-electron chi connectivity index (χ3n) is 5.26. The van der Waals surface area contributed by atoms with Crippen molar-refractivity contribution in [2.75, 3.05) is 58.3 Å². The molecule has 2 aliphatic heterocycles. The summed E-state index contributed by atoms with van der Waals surface area (Å²) in [4.78, 5) is 30.6. The number of benzene rings is 1. The Morgan fingerprint density at radius 3 is 2.82 bits per heavy atom. The molecule has 0 radical (unpaired) electrons. The molecule has 0 aromatic heterocycles. The maximum Gasteiger partial charge on any atom is 0.321 e. The van der Waals surface area contributed by atoms with E-state index in [0.29, 0.717) is 52.3 Å². The average molecular weight is 396 g/mol. The highest BCUT2D eigenvalue weighted by Crippen LogP contribution is 2.20. The van der Waals surface area contributed by atoms with E-state index in [-0.39, 0.29) is 17.6 Å². The van der Waals surface area contributed by atoms with Gasteiger partial charge in [0.15, 0.2) is 0 Å². The van der Waals surface area contributed by atoms with Gasteiger partial charge in [0.25, 0.3) is 0 Å². The van der Waals surface area contributed by atoms with Gasteiger partial charge in [0.1, 0.15) is 11.6 Å². The lowest BCUT2D eigenvalue weighted by Crippen LogP contribution is -2.44. The third kappa shape index (κ3) is 4.77. The summed E-state index contributed by atoms with van der Waals surface area (Å²) in [5.74, 6) is -1.19. The van der Waals surface area contributed by atoms with Gasteiger partial charge in [-0.15, -0.1) is 0 Å². The van der Waals surface area contributed by atoms with Crippen LogP contribution in [0.15, 0.2) is 18.2 Å². The lowest BCUT2D eigenvalue weighted by molar-refractivity contribution is -0.132. The molecule has 0 bridgehead atoms. The summed E-state index contributed by atoms with van der Waals surface area (Å²) in [5.41, 5.74) is -0.175. The summed E-state index contributed by atoms with van der Waals surface area (Å²) in [7, 11) is 1.61. The molecule has 154 valence electrons. The first-order valence-corrected chi connectivity index (χ1v) is 9.52. The van der Waals surface area contributed by atoms with Gasteiger partial charge in [0.2, 0.25) is 5.91 Å². The highest BCUT2D eigenvalue weighted by atomic mass is 19.1. The number of nitrogens with one attached hydrogen (secondary N) is 1. The molecule has 3 amide bonds. The summed E-state index contributed by atoms with van der Waals surface area (Å²) >= 11 is 0. The van der Waals surface area contributed by atoms with E-state index in [0.717, 1.165) is 24.6 Å². The zero-order chi connectivity index (χ0) is 20.1. The van der Waals surface area contributed by atoms with Crippen LogP contribution in [0.4, 0.5) is 19.3 Å². The van der Waals surface area contributed by atoms with E-state index in [2.05, 4.69) is 10.2 Å². The van der Waals surface area contributed by atoms with Gasteiger partial charge in [0, 0.05) is 52.4 Å². The molecular formula is C19H26F2N4O3. The molecule has 2 saturated heterocycles. The first kappa shape index (κ1) is 20.5. The van der Waals surface area contributed by atoms with Gasteiger partial charge in [-0.3, -0.25) is 9.69 Å². The van der Waals surface area contributed by atoms with Crippen LogP contribution in [0, 0.1) is 11.6 Å². The summed E-state index contributed by atoms with van der Waals surface area (Å²) in [6.07, 6.45) is 1.48. The largest absolute Gasteiger partial charge is 0.383 e. The predicted octanol–water partition coefficient (Wildman–Crippen LogP) is 1.75. The van der Waals surface area contributed by atoms with Crippen molar-refractivity contribution in [2.45, 2.75) is 18.9 Å². The number of halogens is 2. The van der Waals surface area contributed by atoms with Crippen molar-refractivity contribution in [1.82, 2.24) is 14.7 Å². The number of hydrogen-bond acceptors (Lipinski definition) is 4. The van der Waals surface area contributed by atoms with E-state index in [9.17, 15) is 18.4 Å². The number of hydrogen-bond donors (Lipinski definition) is 1. The molecular weight excluding hydrogens is 370 g/mol. The summed E-state index contributed by atoms with van der Waals surface area (Å²) in [6, 6.07) is 2.31. The molecule has 9 heteroatoms. The second-order valence-corrected chi connectivity index (χ2v) is 7.05. The van der Waals surface area contributed by atoms with Crippen LogP contribution >= 0.6 is 0 Å². The van der Waals surface area contributed by atoms with Gasteiger partial charge in [0.05, 0.1) is 18.3 Å². The quantitative estimate of drug-likeness (QED) is 0.824. The highest BCUT2D eigenvalue weighted by Gasteiger charge is 2.36. The fourth-order valence-electron chi connectivity index (χ4n) is 3.72. The van der Waals surface area contributed by atoms with Crippen molar-refractivity contribution in [2.24, 2.45) is 0 Å². The van der Waals surface area contributed by atoms with Gasteiger partial charge in [-0.2, -0.15) is 0 Å². The SMILES string of the molecule is COCCN1CCC(N2CCCN(C(=O)Nc3cc(F)ccc3F)CC2)C1=O. The molecule has 1 unspecified atom stereocenters. The van der Waals surface area contributed by atoms with Crippen LogP contribution in [0.25, 0.3) is 0 Å². The lowest BCUT2D eigenvalue weighted by atomic mass is 10.2. The van der Waals surface area contributed by atoms with Crippen molar-refractivity contribution in [1.29, 1.82) is 0 Å². The number of rotatable bonds is 5. The molecule has 3 rings (SSSR count). The molecule has 2 fully saturated rings. The fourth-order valence-corrected chi connectivity index (χ4v) is 3.72. The van der Waals surface area contributed by atoms with Crippen LogP contribution in [-0.4, -0.2) is 85.7 Å². The molecule has 1 aromatic carbocycles. The molecule has 28 heavy (non-hydrogen) atoms. The second kappa shape index (κ2) is 9.29. The molecule has 0 spiro atoms. The number of carbonyl (C=O) groups is 2. The zero-order valence-corrected chi connectivity index (χ0v) is 16.0. The first-order chi connectivity index (χ1) is 13.5. The summed E-state index contributed by atoms with van der Waals surface area (Å²) < 4.78 is 32.1. The van der Waals surface area contributed by atoms with Crippen LogP contribution < -0.4 is 5.32 Å². The Morgan fingerprint density at radius 1 is 1.21 bits per heavy atom. The Hall–Kier alpha value is -2.26. The molecule has 0 aliphatic carbocycles. The van der Waals surface area contributed by atoms with Crippen LogP contribution in [0.5, 0.6) is 0 Å². The minimum atomic E-state index is -0.682. The predicted molar refractivity (Wildman–Crippen MR) is 100 cm³/mol. The Morgan fingerprint density at radius 2 is 2.04 bits per heavy atom. The molecule has 7 nitrogen and oxygen atoms in total. The molecule has 2 aliphatic rings. The standard InChI is InChI=1S/C19H26F2N4O3/c1-28-12-11-24-8-5-17(18(24)26)23-6-2-7-25(10-9-23)19(27)22-16-13-14(20)3-4-15(16)21/h3-4,13,17H,2,5-12H2,1H3,(H,22,27). The number of urea groups is 1. The van der Waals surface area contributed by atoms with Crippen molar-refractivity contribution in [3.8, 4) is 0 Å². The summed E-state index contributed by atoms with van der Waals surface area (Å²) in [6.45, 7) is 4.02. The minimum Gasteiger partial charge on any atom is -0.383 e. The summed E-state index contributed by atoms with van der Waals surface area (Å²) in [5, 5.41) is 2.44. The monoisotopic (exact) mass is 396 g/mol. The van der Waals surface area contributed by atoms with Crippen LogP contribution in [-0.2, 0) is 9.53 Å². The van der Waals surface area contributed by atoms with Crippen molar-refractivity contribution < 1.29 is 23.1 Å². The van der Waals surface area contributed by atoms with Crippen LogP contribution in [0.1, 0.15) is 12.8 Å². The number of anilines is 1. The first-order valence-electron chi connectivity index (χ1n) is 9.52. The van der Waals surface area contributed by atoms with E-state index < -0.39 is 17.7 Å². The molecule has 1 atom stereocenters. The van der Waals surface area contributed by atoms with E-state index in [1.807, 2.05) is 4.90 Å². The van der Waals surface area contributed by atoms with E-state index in [4.69, 9.17) is 4.74 Å². The Kier molecular flexibility index (Phi) is 6.79. The Balaban J connectivity index is 1.55. The van der Waals surface area contributed by atoms with Gasteiger partial charge < -0.3 is 19.9 Å². The van der Waals surface area contributed by atoms with Gasteiger partial charge in [-0.1, -0.05) is 0 Å². The second-order valence-electron chi connectivity index (χ2n) is 7.05. The van der Waals surface area contributed by atoms with Gasteiger partial charge >= 0.3 is 6.03 Å². The minimum absolute atomic E-state index is 0.108. The van der Waals surface area contributed by atoms with Crippen LogP contribution in [0.3, 0.4) is 0 Å². The van der Waals surface area contributed by atoms with E-state index in [1.54, 1.807) is 12.0 Å². The van der Waals surface area contributed by atoms with E-state index >= 15 is 0 Å². The highest BCUT2D eigenvalue weighted by molar-refractivity contribution is 5.89. The number of carbonyl (C=O) groups excluding carboxylic acids is 2. The number of ether oxygens (including phenoxy) is 1. The Bertz CT molecular complexity index is 718. The number of amides is 3. The fraction of sp³-hybridized carbons (Fsp3) is 0.579. The van der Waals surface area contributed by atoms with Crippen molar-refractivity contribution in [3.63, 3.8) is 0 Å². The zero-order valence-electron chi connectivity index (χ0n) is 16.0. The van der Waals surface area contributed by atoms with Crippen molar-refractivity contribution >= 4 is 17.6 Å². The number of methoxy groups -OCH3 is 1. The van der Waals surface area contributed by atoms with Crippen LogP contribution in [0.2, 0.25) is 0 Å². The molecule has 0 saturated carbocycles. The maximum absolute atomic E-state index is 13.8. The van der Waals surface area contributed by atoms with Gasteiger partial charge in [-0.25, -0.2) is 13.6 Å². The average Bonchev–Trinajstić information content (AvgIpc) is 2.88. The topological polar surface area (TPSA) is 65.1 Å². The number of nitrogens with zero attached hydrogens (tertiary/aromatic N) is 3. The van der Waals surface area contributed by atoms with Crippen molar-refractivity contribution in [3.05, 3.63) is 29.8 Å². The normalized spacial score (nSPS) is 21.1. The molecule has 1 aromatic rings. The number of likely N-dealkylation sites (tertiary alicyclic amines) is 1.